The summed E-state index contributed by atoms with van der Waals surface area (Å²) < 4.78 is 0.779. The monoisotopic (exact) mass is 329 g/mol. The zero-order valence-electron chi connectivity index (χ0n) is 12.9. The number of carboxylic acid groups (broad SMARTS) is 1. The Bertz CT molecular complexity index is 943. The van der Waals surface area contributed by atoms with Crippen molar-refractivity contribution in [2.24, 2.45) is 7.05 Å². The molecule has 1 aliphatic heterocycles. The van der Waals surface area contributed by atoms with Crippen molar-refractivity contribution in [1.29, 1.82) is 0 Å². The molecule has 0 saturated carbocycles. The molecule has 3 rings (SSSR count). The van der Waals surface area contributed by atoms with Crippen LogP contribution in [0.15, 0.2) is 40.1 Å². The van der Waals surface area contributed by atoms with Gasteiger partial charge in [0.15, 0.2) is 6.04 Å². The predicted molar refractivity (Wildman–Crippen MR) is 83.9 cm³/mol. The second-order valence-electron chi connectivity index (χ2n) is 5.56. The molecule has 8 nitrogen and oxygen atoms in total. The third kappa shape index (κ3) is 2.41. The summed E-state index contributed by atoms with van der Waals surface area (Å²) in [6.07, 6.45) is 1.53. The number of nitrogens with zero attached hydrogens (tertiary/aromatic N) is 2. The van der Waals surface area contributed by atoms with Crippen LogP contribution in [0.1, 0.15) is 27.5 Å². The predicted octanol–water partition coefficient (Wildman–Crippen LogP) is -0.102. The topological polar surface area (TPSA) is 112 Å². The molecule has 0 spiro atoms. The molecule has 1 aromatic carbocycles. The van der Waals surface area contributed by atoms with Crippen LogP contribution < -0.4 is 11.2 Å². The van der Waals surface area contributed by atoms with E-state index in [0.29, 0.717) is 12.0 Å². The normalized spacial score (nSPS) is 16.5. The highest BCUT2D eigenvalue weighted by Gasteiger charge is 2.37. The molecule has 1 amide bonds. The van der Waals surface area contributed by atoms with Gasteiger partial charge >= 0.3 is 11.7 Å². The number of hydrogen-bond acceptors (Lipinski definition) is 4. The summed E-state index contributed by atoms with van der Waals surface area (Å²) >= 11 is 0. The number of aromatic amines is 1. The number of carbonyl (C=O) groups is 2. The SMILES string of the molecule is Cn1c(=O)[nH]cc(C(=O)N2CCc3ccccc3[C@H]2C(=O)O)c1=O. The van der Waals surface area contributed by atoms with Crippen LogP contribution in [-0.4, -0.2) is 38.0 Å². The van der Waals surface area contributed by atoms with E-state index >= 15 is 0 Å². The number of aromatic nitrogens is 2. The number of aliphatic carboxylic acids is 1. The molecule has 2 aromatic rings. The summed E-state index contributed by atoms with van der Waals surface area (Å²) in [5, 5.41) is 9.58. The minimum atomic E-state index is -1.17. The first-order chi connectivity index (χ1) is 11.4. The van der Waals surface area contributed by atoms with Gasteiger partial charge in [0.05, 0.1) is 0 Å². The maximum absolute atomic E-state index is 12.7. The van der Waals surface area contributed by atoms with Crippen LogP contribution in [0.25, 0.3) is 0 Å². The molecule has 2 N–H and O–H groups in total. The minimum Gasteiger partial charge on any atom is -0.479 e. The van der Waals surface area contributed by atoms with Gasteiger partial charge in [-0.1, -0.05) is 24.3 Å². The third-order valence-corrected chi connectivity index (χ3v) is 4.19. The number of carbonyl (C=O) groups excluding carboxylic acids is 1. The molecule has 0 fully saturated rings. The van der Waals surface area contributed by atoms with Gasteiger partial charge in [0.2, 0.25) is 0 Å². The van der Waals surface area contributed by atoms with Crippen molar-refractivity contribution in [3.8, 4) is 0 Å². The van der Waals surface area contributed by atoms with Crippen LogP contribution in [0.2, 0.25) is 0 Å². The van der Waals surface area contributed by atoms with E-state index in [1.54, 1.807) is 12.1 Å². The zero-order valence-corrected chi connectivity index (χ0v) is 12.9. The number of carboxylic acids is 1. The molecule has 0 bridgehead atoms. The Morgan fingerprint density at radius 3 is 2.67 bits per heavy atom. The van der Waals surface area contributed by atoms with Crippen molar-refractivity contribution in [2.45, 2.75) is 12.5 Å². The van der Waals surface area contributed by atoms with Crippen molar-refractivity contribution < 1.29 is 14.7 Å². The average molecular weight is 329 g/mol. The van der Waals surface area contributed by atoms with Gasteiger partial charge in [0.1, 0.15) is 5.56 Å². The maximum atomic E-state index is 12.7. The largest absolute Gasteiger partial charge is 0.479 e. The molecule has 8 heteroatoms. The summed E-state index contributed by atoms with van der Waals surface area (Å²) in [7, 11) is 1.25. The molecule has 1 atom stereocenters. The summed E-state index contributed by atoms with van der Waals surface area (Å²) in [4.78, 5) is 51.5. The van der Waals surface area contributed by atoms with E-state index in [0.717, 1.165) is 21.2 Å². The van der Waals surface area contributed by atoms with Gasteiger partial charge in [0, 0.05) is 19.8 Å². The molecule has 0 saturated heterocycles. The zero-order chi connectivity index (χ0) is 17.4. The summed E-state index contributed by atoms with van der Waals surface area (Å²) in [6.45, 7) is 0.176. The van der Waals surface area contributed by atoms with Crippen LogP contribution in [-0.2, 0) is 18.3 Å². The fourth-order valence-electron chi connectivity index (χ4n) is 2.92. The van der Waals surface area contributed by atoms with E-state index in [-0.39, 0.29) is 12.1 Å². The lowest BCUT2D eigenvalue weighted by atomic mass is 9.92. The third-order valence-electron chi connectivity index (χ3n) is 4.19. The Labute approximate surface area is 136 Å². The number of H-pyrrole nitrogens is 1. The molecule has 24 heavy (non-hydrogen) atoms. The Morgan fingerprint density at radius 1 is 1.25 bits per heavy atom. The molecule has 1 aliphatic rings. The van der Waals surface area contributed by atoms with Crippen molar-refractivity contribution in [2.75, 3.05) is 6.54 Å². The lowest BCUT2D eigenvalue weighted by Crippen LogP contribution is -2.46. The molecule has 0 aliphatic carbocycles. The highest BCUT2D eigenvalue weighted by Crippen LogP contribution is 2.30. The second-order valence-corrected chi connectivity index (χ2v) is 5.56. The second kappa shape index (κ2) is 5.80. The first kappa shape index (κ1) is 15.7. The summed E-state index contributed by atoms with van der Waals surface area (Å²) in [5.74, 6) is -1.88. The molecule has 0 unspecified atom stereocenters. The highest BCUT2D eigenvalue weighted by atomic mass is 16.4. The fourth-order valence-corrected chi connectivity index (χ4v) is 2.92. The highest BCUT2D eigenvalue weighted by molar-refractivity contribution is 5.96. The van der Waals surface area contributed by atoms with Gasteiger partial charge in [-0.05, 0) is 17.5 Å². The first-order valence-corrected chi connectivity index (χ1v) is 7.32. The van der Waals surface area contributed by atoms with Gasteiger partial charge in [-0.3, -0.25) is 14.2 Å². The lowest BCUT2D eigenvalue weighted by Gasteiger charge is -2.34. The Hall–Kier alpha value is -3.16. The fraction of sp³-hybridized carbons (Fsp3) is 0.250. The van der Waals surface area contributed by atoms with Crippen LogP contribution in [0.5, 0.6) is 0 Å². The van der Waals surface area contributed by atoms with Gasteiger partial charge in [-0.15, -0.1) is 0 Å². The number of amides is 1. The minimum absolute atomic E-state index is 0.176. The molecular weight excluding hydrogens is 314 g/mol. The number of benzene rings is 1. The number of nitrogens with one attached hydrogen (secondary N) is 1. The van der Waals surface area contributed by atoms with E-state index in [1.165, 1.54) is 7.05 Å². The summed E-state index contributed by atoms with van der Waals surface area (Å²) in [5.41, 5.74) is -0.265. The molecule has 1 aromatic heterocycles. The van der Waals surface area contributed by atoms with Crippen molar-refractivity contribution in [3.05, 3.63) is 68.0 Å². The Balaban J connectivity index is 2.08. The van der Waals surface area contributed by atoms with Crippen molar-refractivity contribution in [3.63, 3.8) is 0 Å². The van der Waals surface area contributed by atoms with Gasteiger partial charge in [-0.2, -0.15) is 0 Å². The first-order valence-electron chi connectivity index (χ1n) is 7.32. The molecule has 0 radical (unpaired) electrons. The summed E-state index contributed by atoms with van der Waals surface area (Å²) in [6, 6.07) is 5.85. The standard InChI is InChI=1S/C16H15N3O5/c1-18-13(20)11(8-17-16(18)24)14(21)19-7-6-9-4-2-3-5-10(9)12(19)15(22)23/h2-5,8,12H,6-7H2,1H3,(H,17,24)(H,22,23)/t12-/m0/s1. The van der Waals surface area contributed by atoms with E-state index in [2.05, 4.69) is 4.98 Å². The van der Waals surface area contributed by atoms with Crippen LogP contribution in [0, 0.1) is 0 Å². The van der Waals surface area contributed by atoms with Crippen LogP contribution >= 0.6 is 0 Å². The van der Waals surface area contributed by atoms with Crippen LogP contribution in [0.3, 0.4) is 0 Å². The smallest absolute Gasteiger partial charge is 0.331 e. The number of hydrogen-bond donors (Lipinski definition) is 2. The van der Waals surface area contributed by atoms with Crippen LogP contribution in [0.4, 0.5) is 0 Å². The van der Waals surface area contributed by atoms with Gasteiger partial charge in [0.25, 0.3) is 11.5 Å². The number of rotatable bonds is 2. The Kier molecular flexibility index (Phi) is 3.80. The maximum Gasteiger partial charge on any atom is 0.331 e. The van der Waals surface area contributed by atoms with E-state index < -0.39 is 29.2 Å². The van der Waals surface area contributed by atoms with E-state index in [1.807, 2.05) is 12.1 Å². The molecular formula is C16H15N3O5. The van der Waals surface area contributed by atoms with Gasteiger partial charge < -0.3 is 15.0 Å². The van der Waals surface area contributed by atoms with Crippen molar-refractivity contribution in [1.82, 2.24) is 14.5 Å². The lowest BCUT2D eigenvalue weighted by molar-refractivity contribution is -0.143. The number of fused-ring (bicyclic) bond motifs is 1. The molecule has 2 heterocycles. The Morgan fingerprint density at radius 2 is 1.96 bits per heavy atom. The average Bonchev–Trinajstić information content (AvgIpc) is 2.58. The quantitative estimate of drug-likeness (QED) is 0.799. The van der Waals surface area contributed by atoms with Crippen molar-refractivity contribution >= 4 is 11.9 Å². The van der Waals surface area contributed by atoms with E-state index in [4.69, 9.17) is 0 Å². The van der Waals surface area contributed by atoms with Gasteiger partial charge in [-0.25, -0.2) is 9.59 Å². The molecule has 124 valence electrons. The van der Waals surface area contributed by atoms with E-state index in [9.17, 15) is 24.3 Å².